The van der Waals surface area contributed by atoms with E-state index in [-0.39, 0.29) is 29.8 Å². The quantitative estimate of drug-likeness (QED) is 0.790. The molecule has 1 saturated heterocycles. The van der Waals surface area contributed by atoms with Crippen LogP contribution < -0.4 is 5.32 Å². The number of carbonyl (C=O) groups excluding carboxylic acids is 4. The van der Waals surface area contributed by atoms with Crippen molar-refractivity contribution in [2.45, 2.75) is 12.8 Å². The van der Waals surface area contributed by atoms with E-state index in [0.717, 1.165) is 4.90 Å². The molecule has 2 aliphatic rings. The molecule has 4 amide bonds. The first-order valence-corrected chi connectivity index (χ1v) is 9.67. The number of fused-ring (bicyclic) bond motifs is 1. The van der Waals surface area contributed by atoms with Crippen LogP contribution in [0.15, 0.2) is 42.5 Å². The molecule has 0 spiro atoms. The highest BCUT2D eigenvalue weighted by atomic mass is 19.1. The summed E-state index contributed by atoms with van der Waals surface area (Å²) < 4.78 is 13.1. The Hall–Kier alpha value is -3.55. The third-order valence-corrected chi connectivity index (χ3v) is 5.53. The zero-order valence-corrected chi connectivity index (χ0v) is 16.4. The smallest absolute Gasteiger partial charge is 0.261 e. The lowest BCUT2D eigenvalue weighted by Crippen LogP contribution is -2.43. The molecule has 1 unspecified atom stereocenters. The van der Waals surface area contributed by atoms with Crippen LogP contribution in [0.2, 0.25) is 0 Å². The monoisotopic (exact) mass is 409 g/mol. The first kappa shape index (κ1) is 19.8. The summed E-state index contributed by atoms with van der Waals surface area (Å²) >= 11 is 0. The maximum atomic E-state index is 13.1. The number of hydrogen-bond donors (Lipinski definition) is 1. The van der Waals surface area contributed by atoms with Gasteiger partial charge in [-0.1, -0.05) is 0 Å². The van der Waals surface area contributed by atoms with Crippen molar-refractivity contribution in [2.75, 3.05) is 25.5 Å². The fourth-order valence-corrected chi connectivity index (χ4v) is 3.83. The highest BCUT2D eigenvalue weighted by Crippen LogP contribution is 2.26. The number of nitrogens with one attached hydrogen (secondary N) is 1. The molecule has 1 atom stereocenters. The minimum absolute atomic E-state index is 0.239. The lowest BCUT2D eigenvalue weighted by atomic mass is 9.96. The SMILES string of the molecule is CN1C(=O)c2ccc(NC(=O)C3CCCN(C(=O)c4ccc(F)cc4)C3)cc2C1=O. The molecule has 4 rings (SSSR count). The molecule has 154 valence electrons. The number of amides is 4. The third-order valence-electron chi connectivity index (χ3n) is 5.53. The fourth-order valence-electron chi connectivity index (χ4n) is 3.83. The molecule has 2 aliphatic heterocycles. The number of hydrogen-bond acceptors (Lipinski definition) is 4. The molecule has 30 heavy (non-hydrogen) atoms. The van der Waals surface area contributed by atoms with E-state index in [2.05, 4.69) is 5.32 Å². The van der Waals surface area contributed by atoms with Gasteiger partial charge >= 0.3 is 0 Å². The van der Waals surface area contributed by atoms with Crippen molar-refractivity contribution in [3.05, 3.63) is 65.0 Å². The second-order valence-electron chi connectivity index (χ2n) is 7.52. The van der Waals surface area contributed by atoms with Gasteiger partial charge in [-0.3, -0.25) is 24.1 Å². The average molecular weight is 409 g/mol. The number of carbonyl (C=O) groups is 4. The molecule has 0 saturated carbocycles. The van der Waals surface area contributed by atoms with E-state index in [0.29, 0.717) is 36.2 Å². The van der Waals surface area contributed by atoms with Gasteiger partial charge in [0.15, 0.2) is 0 Å². The molecule has 8 heteroatoms. The Morgan fingerprint density at radius 3 is 2.47 bits per heavy atom. The molecular formula is C22H20FN3O4. The fraction of sp³-hybridized carbons (Fsp3) is 0.273. The molecule has 2 aromatic carbocycles. The van der Waals surface area contributed by atoms with E-state index in [1.807, 2.05) is 0 Å². The molecule has 2 aromatic rings. The Kier molecular flexibility index (Phi) is 5.07. The van der Waals surface area contributed by atoms with Crippen LogP contribution in [-0.4, -0.2) is 53.6 Å². The number of rotatable bonds is 3. The van der Waals surface area contributed by atoms with Crippen molar-refractivity contribution >= 4 is 29.3 Å². The Labute approximate surface area is 172 Å². The van der Waals surface area contributed by atoms with Gasteiger partial charge < -0.3 is 10.2 Å². The van der Waals surface area contributed by atoms with Gasteiger partial charge in [-0.2, -0.15) is 0 Å². The lowest BCUT2D eigenvalue weighted by molar-refractivity contribution is -0.121. The lowest BCUT2D eigenvalue weighted by Gasteiger charge is -2.32. The number of imide groups is 1. The van der Waals surface area contributed by atoms with Crippen molar-refractivity contribution in [1.29, 1.82) is 0 Å². The van der Waals surface area contributed by atoms with E-state index < -0.39 is 17.6 Å². The predicted molar refractivity (Wildman–Crippen MR) is 107 cm³/mol. The maximum Gasteiger partial charge on any atom is 0.261 e. The number of nitrogens with zero attached hydrogens (tertiary/aromatic N) is 2. The van der Waals surface area contributed by atoms with Crippen molar-refractivity contribution in [3.8, 4) is 0 Å². The Morgan fingerprint density at radius 2 is 1.73 bits per heavy atom. The minimum Gasteiger partial charge on any atom is -0.338 e. The van der Waals surface area contributed by atoms with E-state index in [1.165, 1.54) is 43.4 Å². The van der Waals surface area contributed by atoms with Crippen LogP contribution in [0.4, 0.5) is 10.1 Å². The number of anilines is 1. The first-order valence-electron chi connectivity index (χ1n) is 9.67. The largest absolute Gasteiger partial charge is 0.338 e. The van der Waals surface area contributed by atoms with Crippen LogP contribution in [0.3, 0.4) is 0 Å². The van der Waals surface area contributed by atoms with E-state index in [4.69, 9.17) is 0 Å². The van der Waals surface area contributed by atoms with E-state index >= 15 is 0 Å². The summed E-state index contributed by atoms with van der Waals surface area (Å²) in [5.41, 5.74) is 1.38. The molecule has 7 nitrogen and oxygen atoms in total. The molecule has 1 fully saturated rings. The summed E-state index contributed by atoms with van der Waals surface area (Å²) in [5, 5.41) is 2.79. The summed E-state index contributed by atoms with van der Waals surface area (Å²) in [5.74, 6) is -2.08. The summed E-state index contributed by atoms with van der Waals surface area (Å²) in [6, 6.07) is 9.95. The molecule has 0 bridgehead atoms. The van der Waals surface area contributed by atoms with Gasteiger partial charge in [0.25, 0.3) is 17.7 Å². The summed E-state index contributed by atoms with van der Waals surface area (Å²) in [7, 11) is 1.41. The van der Waals surface area contributed by atoms with Gasteiger partial charge in [0.05, 0.1) is 17.0 Å². The van der Waals surface area contributed by atoms with E-state index in [1.54, 1.807) is 11.0 Å². The van der Waals surface area contributed by atoms with Crippen LogP contribution >= 0.6 is 0 Å². The third kappa shape index (κ3) is 3.56. The van der Waals surface area contributed by atoms with Gasteiger partial charge in [0.2, 0.25) is 5.91 Å². The second kappa shape index (κ2) is 7.70. The Morgan fingerprint density at radius 1 is 1.03 bits per heavy atom. The van der Waals surface area contributed by atoms with Crippen LogP contribution in [0.25, 0.3) is 0 Å². The van der Waals surface area contributed by atoms with Crippen molar-refractivity contribution in [3.63, 3.8) is 0 Å². The first-order chi connectivity index (χ1) is 14.3. The van der Waals surface area contributed by atoms with E-state index in [9.17, 15) is 23.6 Å². The molecule has 0 radical (unpaired) electrons. The predicted octanol–water partition coefficient (Wildman–Crippen LogP) is 2.54. The molecular weight excluding hydrogens is 389 g/mol. The van der Waals surface area contributed by atoms with Crippen molar-refractivity contribution in [1.82, 2.24) is 9.80 Å². The second-order valence-corrected chi connectivity index (χ2v) is 7.52. The molecule has 0 aromatic heterocycles. The Bertz CT molecular complexity index is 1050. The highest BCUT2D eigenvalue weighted by Gasteiger charge is 2.33. The van der Waals surface area contributed by atoms with Gasteiger partial charge in [-0.15, -0.1) is 0 Å². The number of likely N-dealkylation sites (tertiary alicyclic amines) is 1. The maximum absolute atomic E-state index is 13.1. The van der Waals surface area contributed by atoms with Crippen LogP contribution in [0, 0.1) is 11.7 Å². The summed E-state index contributed by atoms with van der Waals surface area (Å²) in [6.07, 6.45) is 1.30. The topological polar surface area (TPSA) is 86.8 Å². The zero-order chi connectivity index (χ0) is 21.4. The average Bonchev–Trinajstić information content (AvgIpc) is 2.97. The van der Waals surface area contributed by atoms with Crippen LogP contribution in [0.1, 0.15) is 43.9 Å². The van der Waals surface area contributed by atoms with Crippen LogP contribution in [0.5, 0.6) is 0 Å². The summed E-state index contributed by atoms with van der Waals surface area (Å²) in [6.45, 7) is 0.787. The number of halogens is 1. The van der Waals surface area contributed by atoms with Gasteiger partial charge in [-0.05, 0) is 55.3 Å². The normalized spacial score (nSPS) is 18.4. The standard InChI is InChI=1S/C22H20FN3O4/c1-25-21(29)17-9-8-16(11-18(17)22(25)30)24-19(27)14-3-2-10-26(12-14)20(28)13-4-6-15(23)7-5-13/h4-9,11,14H,2-3,10,12H2,1H3,(H,24,27). The zero-order valence-electron chi connectivity index (χ0n) is 16.4. The highest BCUT2D eigenvalue weighted by molar-refractivity contribution is 6.21. The molecule has 1 N–H and O–H groups in total. The number of piperidine rings is 1. The van der Waals surface area contributed by atoms with Crippen LogP contribution in [-0.2, 0) is 4.79 Å². The van der Waals surface area contributed by atoms with Gasteiger partial charge in [0.1, 0.15) is 5.82 Å². The Balaban J connectivity index is 1.44. The van der Waals surface area contributed by atoms with Gasteiger partial charge in [-0.25, -0.2) is 4.39 Å². The van der Waals surface area contributed by atoms with Gasteiger partial charge in [0, 0.05) is 31.4 Å². The molecule has 0 aliphatic carbocycles. The van der Waals surface area contributed by atoms with Crippen molar-refractivity contribution in [2.24, 2.45) is 5.92 Å². The minimum atomic E-state index is -0.414. The molecule has 2 heterocycles. The van der Waals surface area contributed by atoms with Crippen molar-refractivity contribution < 1.29 is 23.6 Å². The number of benzene rings is 2. The summed E-state index contributed by atoms with van der Waals surface area (Å²) in [4.78, 5) is 52.2.